The molecule has 1 aliphatic rings. The Morgan fingerprint density at radius 3 is 2.84 bits per heavy atom. The molecular weight excluding hydrogens is 324 g/mol. The van der Waals surface area contributed by atoms with Crippen molar-refractivity contribution in [1.29, 1.82) is 0 Å². The summed E-state index contributed by atoms with van der Waals surface area (Å²) in [6.45, 7) is -0.226. The number of Topliss-reactive ketones (excluding diaryl/α,β-unsaturated/α-hetero) is 1. The molecule has 0 unspecified atom stereocenters. The minimum absolute atomic E-state index is 0.197. The van der Waals surface area contributed by atoms with Gasteiger partial charge in [0.2, 0.25) is 0 Å². The first kappa shape index (κ1) is 16.4. The van der Waals surface area contributed by atoms with E-state index in [-0.39, 0.29) is 30.4 Å². The molecule has 0 saturated carbocycles. The molecular formula is C17H14N4O4. The Balaban J connectivity index is 1.90. The zero-order valence-corrected chi connectivity index (χ0v) is 13.1. The van der Waals surface area contributed by atoms with Crippen LogP contribution in [0.15, 0.2) is 47.6 Å². The van der Waals surface area contributed by atoms with Crippen molar-refractivity contribution in [2.24, 2.45) is 5.11 Å². The van der Waals surface area contributed by atoms with Crippen LogP contribution in [0.25, 0.3) is 10.4 Å². The summed E-state index contributed by atoms with van der Waals surface area (Å²) in [5.74, 6) is -0.118. The number of hydrogen-bond donors (Lipinski definition) is 1. The van der Waals surface area contributed by atoms with Crippen molar-refractivity contribution in [3.05, 3.63) is 64.0 Å². The van der Waals surface area contributed by atoms with Gasteiger partial charge in [-0.2, -0.15) is 0 Å². The van der Waals surface area contributed by atoms with Gasteiger partial charge < -0.3 is 14.8 Å². The number of hydrogen-bond acceptors (Lipinski definition) is 5. The summed E-state index contributed by atoms with van der Waals surface area (Å²) in [4.78, 5) is 26.4. The number of anilines is 1. The Labute approximate surface area is 143 Å². The molecule has 0 bridgehead atoms. The van der Waals surface area contributed by atoms with Gasteiger partial charge in [0.05, 0.1) is 12.1 Å². The summed E-state index contributed by atoms with van der Waals surface area (Å²) < 4.78 is 11.2. The van der Waals surface area contributed by atoms with Crippen LogP contribution in [-0.2, 0) is 11.4 Å². The molecule has 3 rings (SSSR count). The SMILES string of the molecule is [N-]=[N+]=NCC(=O)c1ccc(OCc2ccccc2)c2c1OCC(=O)N2. The lowest BCUT2D eigenvalue weighted by Crippen LogP contribution is -2.27. The number of carbonyl (C=O) groups excluding carboxylic acids is 2. The van der Waals surface area contributed by atoms with Gasteiger partial charge in [-0.05, 0) is 23.2 Å². The van der Waals surface area contributed by atoms with Crippen LogP contribution in [0.1, 0.15) is 15.9 Å². The molecule has 1 aliphatic heterocycles. The second-order valence-corrected chi connectivity index (χ2v) is 5.24. The van der Waals surface area contributed by atoms with Gasteiger partial charge in [-0.1, -0.05) is 35.4 Å². The van der Waals surface area contributed by atoms with E-state index < -0.39 is 5.78 Å². The number of amides is 1. The molecule has 0 radical (unpaired) electrons. The molecule has 0 spiro atoms. The molecule has 8 nitrogen and oxygen atoms in total. The van der Waals surface area contributed by atoms with Crippen LogP contribution in [0.4, 0.5) is 5.69 Å². The predicted molar refractivity (Wildman–Crippen MR) is 89.7 cm³/mol. The van der Waals surface area contributed by atoms with Crippen LogP contribution in [0.2, 0.25) is 0 Å². The molecule has 25 heavy (non-hydrogen) atoms. The van der Waals surface area contributed by atoms with E-state index in [1.54, 1.807) is 6.07 Å². The van der Waals surface area contributed by atoms with Gasteiger partial charge in [0.15, 0.2) is 18.1 Å². The predicted octanol–water partition coefficient (Wildman–Crippen LogP) is 3.09. The van der Waals surface area contributed by atoms with Crippen molar-refractivity contribution in [3.63, 3.8) is 0 Å². The molecule has 0 aromatic heterocycles. The Morgan fingerprint density at radius 1 is 1.28 bits per heavy atom. The molecule has 126 valence electrons. The fourth-order valence-electron chi connectivity index (χ4n) is 2.40. The molecule has 2 aromatic rings. The fraction of sp³-hybridized carbons (Fsp3) is 0.176. The second kappa shape index (κ2) is 7.37. The van der Waals surface area contributed by atoms with E-state index in [9.17, 15) is 9.59 Å². The quantitative estimate of drug-likeness (QED) is 0.377. The van der Waals surface area contributed by atoms with Gasteiger partial charge in [0.1, 0.15) is 18.0 Å². The molecule has 1 amide bonds. The zero-order chi connectivity index (χ0) is 17.6. The third kappa shape index (κ3) is 3.70. The van der Waals surface area contributed by atoms with Crippen molar-refractivity contribution in [2.75, 3.05) is 18.5 Å². The normalized spacial score (nSPS) is 12.2. The van der Waals surface area contributed by atoms with Gasteiger partial charge in [-0.3, -0.25) is 9.59 Å². The van der Waals surface area contributed by atoms with E-state index in [4.69, 9.17) is 15.0 Å². The molecule has 0 saturated heterocycles. The van der Waals surface area contributed by atoms with E-state index in [0.717, 1.165) is 5.56 Å². The zero-order valence-electron chi connectivity index (χ0n) is 13.1. The largest absolute Gasteiger partial charge is 0.487 e. The molecule has 0 fully saturated rings. The number of ether oxygens (including phenoxy) is 2. The number of ketones is 1. The van der Waals surface area contributed by atoms with Crippen LogP contribution in [0, 0.1) is 0 Å². The molecule has 2 aromatic carbocycles. The van der Waals surface area contributed by atoms with Crippen LogP contribution in [-0.4, -0.2) is 24.8 Å². The van der Waals surface area contributed by atoms with E-state index in [2.05, 4.69) is 15.3 Å². The third-order valence-electron chi connectivity index (χ3n) is 3.55. The van der Waals surface area contributed by atoms with Gasteiger partial charge in [-0.15, -0.1) is 0 Å². The monoisotopic (exact) mass is 338 g/mol. The highest BCUT2D eigenvalue weighted by atomic mass is 16.5. The lowest BCUT2D eigenvalue weighted by atomic mass is 10.1. The summed E-state index contributed by atoms with van der Waals surface area (Å²) in [7, 11) is 0. The highest BCUT2D eigenvalue weighted by Crippen LogP contribution is 2.40. The van der Waals surface area contributed by atoms with E-state index in [0.29, 0.717) is 18.0 Å². The number of azide groups is 1. The van der Waals surface area contributed by atoms with Crippen LogP contribution < -0.4 is 14.8 Å². The van der Waals surface area contributed by atoms with E-state index >= 15 is 0 Å². The highest BCUT2D eigenvalue weighted by molar-refractivity contribution is 6.06. The van der Waals surface area contributed by atoms with Gasteiger partial charge in [0.25, 0.3) is 5.91 Å². The second-order valence-electron chi connectivity index (χ2n) is 5.24. The Bertz CT molecular complexity index is 860. The van der Waals surface area contributed by atoms with Crippen molar-refractivity contribution in [2.45, 2.75) is 6.61 Å². The molecule has 0 aliphatic carbocycles. The minimum Gasteiger partial charge on any atom is -0.487 e. The third-order valence-corrected chi connectivity index (χ3v) is 3.55. The van der Waals surface area contributed by atoms with Crippen molar-refractivity contribution in [1.82, 2.24) is 0 Å². The number of rotatable bonds is 6. The Morgan fingerprint density at radius 2 is 2.08 bits per heavy atom. The van der Waals surface area contributed by atoms with Crippen LogP contribution in [0.3, 0.4) is 0 Å². The highest BCUT2D eigenvalue weighted by Gasteiger charge is 2.26. The molecule has 1 N–H and O–H groups in total. The standard InChI is InChI=1S/C17H14N4O4/c18-21-19-8-13(22)12-6-7-14(16-17(12)25-10-15(23)20-16)24-9-11-4-2-1-3-5-11/h1-7H,8-10H2,(H,20,23). The maximum Gasteiger partial charge on any atom is 0.262 e. The first-order valence-corrected chi connectivity index (χ1v) is 7.49. The van der Waals surface area contributed by atoms with Crippen molar-refractivity contribution >= 4 is 17.4 Å². The summed E-state index contributed by atoms with van der Waals surface area (Å²) in [5.41, 5.74) is 9.85. The lowest BCUT2D eigenvalue weighted by Gasteiger charge is -2.23. The van der Waals surface area contributed by atoms with E-state index in [1.807, 2.05) is 30.3 Å². The number of fused-ring (bicyclic) bond motifs is 1. The van der Waals surface area contributed by atoms with Crippen molar-refractivity contribution in [3.8, 4) is 11.5 Å². The molecule has 1 heterocycles. The van der Waals surface area contributed by atoms with Crippen LogP contribution in [0.5, 0.6) is 11.5 Å². The average Bonchev–Trinajstić information content (AvgIpc) is 2.64. The molecule has 0 atom stereocenters. The number of nitrogens with one attached hydrogen (secondary N) is 1. The number of benzene rings is 2. The number of carbonyl (C=O) groups is 2. The first-order valence-electron chi connectivity index (χ1n) is 7.49. The Kier molecular flexibility index (Phi) is 4.82. The van der Waals surface area contributed by atoms with Gasteiger partial charge in [-0.25, -0.2) is 0 Å². The smallest absolute Gasteiger partial charge is 0.262 e. The van der Waals surface area contributed by atoms with Crippen molar-refractivity contribution < 1.29 is 19.1 Å². The lowest BCUT2D eigenvalue weighted by molar-refractivity contribution is -0.118. The summed E-state index contributed by atoms with van der Waals surface area (Å²) in [5, 5.41) is 5.94. The number of nitrogens with zero attached hydrogens (tertiary/aromatic N) is 3. The topological polar surface area (TPSA) is 113 Å². The maximum atomic E-state index is 12.1. The summed E-state index contributed by atoms with van der Waals surface area (Å²) in [6, 6.07) is 12.7. The maximum absolute atomic E-state index is 12.1. The minimum atomic E-state index is -0.403. The van der Waals surface area contributed by atoms with E-state index in [1.165, 1.54) is 6.07 Å². The van der Waals surface area contributed by atoms with Gasteiger partial charge >= 0.3 is 0 Å². The average molecular weight is 338 g/mol. The first-order chi connectivity index (χ1) is 12.2. The van der Waals surface area contributed by atoms with Gasteiger partial charge in [0, 0.05) is 4.91 Å². The summed E-state index contributed by atoms with van der Waals surface area (Å²) >= 11 is 0. The fourth-order valence-corrected chi connectivity index (χ4v) is 2.40. The molecule has 8 heteroatoms. The van der Waals surface area contributed by atoms with Crippen LogP contribution >= 0.6 is 0 Å². The Hall–Kier alpha value is -3.51. The summed E-state index contributed by atoms with van der Waals surface area (Å²) in [6.07, 6.45) is 0.